The Morgan fingerprint density at radius 3 is 2.06 bits per heavy atom. The zero-order valence-electron chi connectivity index (χ0n) is 16.9. The third kappa shape index (κ3) is 4.76. The molecular weight excluding hydrogens is 425 g/mol. The Morgan fingerprint density at radius 2 is 1.50 bits per heavy atom. The predicted octanol–water partition coefficient (Wildman–Crippen LogP) is 2.21. The van der Waals surface area contributed by atoms with Crippen LogP contribution in [0.1, 0.15) is 21.5 Å². The average Bonchev–Trinajstić information content (AvgIpc) is 3.34. The first-order valence-electron chi connectivity index (χ1n) is 9.88. The number of alkyl halides is 3. The number of carbonyl (C=O) groups is 2. The lowest BCUT2D eigenvalue weighted by molar-refractivity contribution is -0.137. The van der Waals surface area contributed by atoms with Gasteiger partial charge in [-0.25, -0.2) is 4.68 Å². The molecule has 32 heavy (non-hydrogen) atoms. The molecule has 1 saturated heterocycles. The molecular formula is C21H19F3N6O2. The molecule has 0 bridgehead atoms. The Balaban J connectivity index is 1.30. The van der Waals surface area contributed by atoms with Crippen molar-refractivity contribution in [2.45, 2.75) is 12.6 Å². The standard InChI is InChI=1S/C21H19F3N6O2/c22-21(23,24)17-5-3-16(4-6-17)20(32)29-11-9-28(10-12-29)19(31)13-15-1-7-18(8-2-15)30-14-25-26-27-30/h1-8,14H,9-13H2. The maximum absolute atomic E-state index is 12.7. The third-order valence-electron chi connectivity index (χ3n) is 5.28. The van der Waals surface area contributed by atoms with Crippen LogP contribution in [0, 0.1) is 0 Å². The molecule has 11 heteroatoms. The molecule has 0 spiro atoms. The quantitative estimate of drug-likeness (QED) is 0.616. The van der Waals surface area contributed by atoms with Crippen molar-refractivity contribution in [3.63, 3.8) is 0 Å². The smallest absolute Gasteiger partial charge is 0.339 e. The van der Waals surface area contributed by atoms with Crippen molar-refractivity contribution >= 4 is 11.8 Å². The van der Waals surface area contributed by atoms with Crippen LogP contribution in [0.3, 0.4) is 0 Å². The van der Waals surface area contributed by atoms with Crippen molar-refractivity contribution < 1.29 is 22.8 Å². The van der Waals surface area contributed by atoms with Crippen LogP contribution in [-0.2, 0) is 17.4 Å². The van der Waals surface area contributed by atoms with E-state index in [2.05, 4.69) is 15.5 Å². The maximum atomic E-state index is 12.7. The highest BCUT2D eigenvalue weighted by Crippen LogP contribution is 2.29. The zero-order valence-corrected chi connectivity index (χ0v) is 16.9. The van der Waals surface area contributed by atoms with Crippen LogP contribution in [0.15, 0.2) is 54.9 Å². The minimum atomic E-state index is -4.44. The summed E-state index contributed by atoms with van der Waals surface area (Å²) in [6.45, 7) is 1.38. The second-order valence-electron chi connectivity index (χ2n) is 7.35. The molecule has 3 aromatic rings. The number of hydrogen-bond donors (Lipinski definition) is 0. The van der Waals surface area contributed by atoms with Crippen LogP contribution in [0.5, 0.6) is 0 Å². The first-order valence-corrected chi connectivity index (χ1v) is 9.88. The Labute approximate surface area is 181 Å². The molecule has 4 rings (SSSR count). The first kappa shape index (κ1) is 21.5. The van der Waals surface area contributed by atoms with Crippen LogP contribution in [0.4, 0.5) is 13.2 Å². The van der Waals surface area contributed by atoms with E-state index in [1.807, 2.05) is 24.3 Å². The molecule has 166 valence electrons. The molecule has 0 radical (unpaired) electrons. The second-order valence-corrected chi connectivity index (χ2v) is 7.35. The highest BCUT2D eigenvalue weighted by Gasteiger charge is 2.31. The Morgan fingerprint density at radius 1 is 0.875 bits per heavy atom. The predicted molar refractivity (Wildman–Crippen MR) is 107 cm³/mol. The van der Waals surface area contributed by atoms with Crippen molar-refractivity contribution in [1.29, 1.82) is 0 Å². The van der Waals surface area contributed by atoms with Gasteiger partial charge in [-0.3, -0.25) is 9.59 Å². The number of piperazine rings is 1. The van der Waals surface area contributed by atoms with Gasteiger partial charge in [0.15, 0.2) is 0 Å². The minimum absolute atomic E-state index is 0.0539. The number of rotatable bonds is 4. The number of amides is 2. The number of halogens is 3. The van der Waals surface area contributed by atoms with Crippen molar-refractivity contribution in [3.05, 3.63) is 71.5 Å². The van der Waals surface area contributed by atoms with Gasteiger partial charge in [-0.2, -0.15) is 13.2 Å². The van der Waals surface area contributed by atoms with Crippen molar-refractivity contribution in [3.8, 4) is 5.69 Å². The number of benzene rings is 2. The summed E-state index contributed by atoms with van der Waals surface area (Å²) in [5, 5.41) is 11.0. The fourth-order valence-electron chi connectivity index (χ4n) is 3.48. The van der Waals surface area contributed by atoms with E-state index >= 15 is 0 Å². The summed E-state index contributed by atoms with van der Waals surface area (Å²) < 4.78 is 39.6. The zero-order chi connectivity index (χ0) is 22.7. The molecule has 0 atom stereocenters. The van der Waals surface area contributed by atoms with E-state index in [-0.39, 0.29) is 23.8 Å². The van der Waals surface area contributed by atoms with Gasteiger partial charge in [0.2, 0.25) is 5.91 Å². The summed E-state index contributed by atoms with van der Waals surface area (Å²) in [6, 6.07) is 11.5. The van der Waals surface area contributed by atoms with Gasteiger partial charge in [0.1, 0.15) is 6.33 Å². The summed E-state index contributed by atoms with van der Waals surface area (Å²) in [6.07, 6.45) is -2.74. The van der Waals surface area contributed by atoms with E-state index < -0.39 is 11.7 Å². The normalized spacial score (nSPS) is 14.5. The summed E-state index contributed by atoms with van der Waals surface area (Å²) in [4.78, 5) is 28.5. The molecule has 1 aliphatic rings. The summed E-state index contributed by atoms with van der Waals surface area (Å²) >= 11 is 0. The topological polar surface area (TPSA) is 84.2 Å². The van der Waals surface area contributed by atoms with E-state index in [4.69, 9.17) is 0 Å². The van der Waals surface area contributed by atoms with Gasteiger partial charge in [0, 0.05) is 31.7 Å². The fraction of sp³-hybridized carbons (Fsp3) is 0.286. The lowest BCUT2D eigenvalue weighted by Gasteiger charge is -2.35. The van der Waals surface area contributed by atoms with Gasteiger partial charge in [0.25, 0.3) is 5.91 Å². The van der Waals surface area contributed by atoms with E-state index in [9.17, 15) is 22.8 Å². The van der Waals surface area contributed by atoms with Crippen molar-refractivity contribution in [2.75, 3.05) is 26.2 Å². The van der Waals surface area contributed by atoms with Gasteiger partial charge in [-0.15, -0.1) is 5.10 Å². The molecule has 0 N–H and O–H groups in total. The average molecular weight is 444 g/mol. The van der Waals surface area contributed by atoms with Crippen LogP contribution in [0.25, 0.3) is 5.69 Å². The van der Waals surface area contributed by atoms with E-state index in [1.54, 1.807) is 9.80 Å². The summed E-state index contributed by atoms with van der Waals surface area (Å²) in [5.74, 6) is -0.397. The number of carbonyl (C=O) groups excluding carboxylic acids is 2. The molecule has 1 aliphatic heterocycles. The Bertz CT molecular complexity index is 1070. The minimum Gasteiger partial charge on any atom is -0.339 e. The SMILES string of the molecule is O=C(Cc1ccc(-n2cnnn2)cc1)N1CCN(C(=O)c2ccc(C(F)(F)F)cc2)CC1. The molecule has 0 aliphatic carbocycles. The van der Waals surface area contributed by atoms with Crippen LogP contribution < -0.4 is 0 Å². The first-order chi connectivity index (χ1) is 15.3. The maximum Gasteiger partial charge on any atom is 0.416 e. The molecule has 8 nitrogen and oxygen atoms in total. The summed E-state index contributed by atoms with van der Waals surface area (Å²) in [5.41, 5.74) is 1.02. The second kappa shape index (κ2) is 8.77. The van der Waals surface area contributed by atoms with Crippen LogP contribution >= 0.6 is 0 Å². The molecule has 0 saturated carbocycles. The van der Waals surface area contributed by atoms with E-state index in [0.717, 1.165) is 23.4 Å². The fourth-order valence-corrected chi connectivity index (χ4v) is 3.48. The lowest BCUT2D eigenvalue weighted by atomic mass is 10.1. The molecule has 2 amide bonds. The largest absolute Gasteiger partial charge is 0.416 e. The van der Waals surface area contributed by atoms with Gasteiger partial charge in [-0.05, 0) is 52.4 Å². The van der Waals surface area contributed by atoms with Gasteiger partial charge < -0.3 is 9.80 Å². The molecule has 0 unspecified atom stereocenters. The number of tetrazole rings is 1. The van der Waals surface area contributed by atoms with Crippen molar-refractivity contribution in [1.82, 2.24) is 30.0 Å². The molecule has 2 aromatic carbocycles. The molecule has 1 fully saturated rings. The highest BCUT2D eigenvalue weighted by atomic mass is 19.4. The van der Waals surface area contributed by atoms with Gasteiger partial charge in [0.05, 0.1) is 17.7 Å². The molecule has 2 heterocycles. The number of aromatic nitrogens is 4. The highest BCUT2D eigenvalue weighted by molar-refractivity contribution is 5.94. The molecule has 1 aromatic heterocycles. The number of nitrogens with zero attached hydrogens (tertiary/aromatic N) is 6. The third-order valence-corrected chi connectivity index (χ3v) is 5.28. The Kier molecular flexibility index (Phi) is 5.89. The van der Waals surface area contributed by atoms with E-state index in [0.29, 0.717) is 26.2 Å². The summed E-state index contributed by atoms with van der Waals surface area (Å²) in [7, 11) is 0. The lowest BCUT2D eigenvalue weighted by Crippen LogP contribution is -2.51. The Hall–Kier alpha value is -3.76. The van der Waals surface area contributed by atoms with Gasteiger partial charge >= 0.3 is 6.18 Å². The number of hydrogen-bond acceptors (Lipinski definition) is 5. The monoisotopic (exact) mass is 444 g/mol. The van der Waals surface area contributed by atoms with E-state index in [1.165, 1.54) is 23.1 Å². The van der Waals surface area contributed by atoms with Crippen LogP contribution in [-0.4, -0.2) is 68.0 Å². The van der Waals surface area contributed by atoms with Gasteiger partial charge in [-0.1, -0.05) is 12.1 Å². The van der Waals surface area contributed by atoms with Crippen molar-refractivity contribution in [2.24, 2.45) is 0 Å². The van der Waals surface area contributed by atoms with Crippen LogP contribution in [0.2, 0.25) is 0 Å².